The lowest BCUT2D eigenvalue weighted by atomic mass is 10.2. The summed E-state index contributed by atoms with van der Waals surface area (Å²) in [5.74, 6) is 0.0269. The van der Waals surface area contributed by atoms with Crippen LogP contribution in [0, 0.1) is 6.92 Å². The third-order valence-corrected chi connectivity index (χ3v) is 5.83. The molecule has 2 aromatic heterocycles. The van der Waals surface area contributed by atoms with Gasteiger partial charge in [-0.05, 0) is 38.1 Å². The van der Waals surface area contributed by atoms with Gasteiger partial charge >= 0.3 is 11.8 Å². The maximum atomic E-state index is 12.4. The van der Waals surface area contributed by atoms with Crippen LogP contribution in [-0.2, 0) is 22.7 Å². The summed E-state index contributed by atoms with van der Waals surface area (Å²) in [5.41, 5.74) is 0.981. The molecule has 3 aromatic rings. The second-order valence-corrected chi connectivity index (χ2v) is 8.66. The SMILES string of the molecule is Cc1ccc(S(=O)(=O)CCc2noc(C(=O)N[C@@H](C)Cc3ccco3)n2)cc1. The Bertz CT molecular complexity index is 1020. The molecule has 0 saturated carbocycles. The third-order valence-electron chi connectivity index (χ3n) is 4.10. The Morgan fingerprint density at radius 2 is 1.96 bits per heavy atom. The van der Waals surface area contributed by atoms with Gasteiger partial charge in [-0.1, -0.05) is 22.9 Å². The van der Waals surface area contributed by atoms with Gasteiger partial charge in [0.25, 0.3) is 0 Å². The molecule has 0 aliphatic carbocycles. The number of nitrogens with zero attached hydrogens (tertiary/aromatic N) is 2. The maximum absolute atomic E-state index is 12.4. The van der Waals surface area contributed by atoms with Crippen molar-refractivity contribution in [3.8, 4) is 0 Å². The van der Waals surface area contributed by atoms with Gasteiger partial charge < -0.3 is 14.3 Å². The molecule has 1 atom stereocenters. The lowest BCUT2D eigenvalue weighted by Gasteiger charge is -2.10. The van der Waals surface area contributed by atoms with E-state index in [-0.39, 0.29) is 34.8 Å². The molecule has 0 radical (unpaired) electrons. The molecule has 28 heavy (non-hydrogen) atoms. The summed E-state index contributed by atoms with van der Waals surface area (Å²) in [7, 11) is -3.47. The number of carbonyl (C=O) groups excluding carboxylic acids is 1. The Labute approximate surface area is 162 Å². The molecule has 1 N–H and O–H groups in total. The van der Waals surface area contributed by atoms with Crippen LogP contribution in [0.2, 0.25) is 0 Å². The second kappa shape index (κ2) is 8.39. The minimum Gasteiger partial charge on any atom is -0.469 e. The molecule has 0 aliphatic heterocycles. The molecule has 2 heterocycles. The van der Waals surface area contributed by atoms with Crippen LogP contribution < -0.4 is 5.32 Å². The first kappa shape index (κ1) is 19.8. The first-order valence-electron chi connectivity index (χ1n) is 8.79. The van der Waals surface area contributed by atoms with Crippen LogP contribution in [0.25, 0.3) is 0 Å². The predicted octanol–water partition coefficient (Wildman–Crippen LogP) is 2.35. The Morgan fingerprint density at radius 1 is 1.21 bits per heavy atom. The van der Waals surface area contributed by atoms with Gasteiger partial charge in [-0.25, -0.2) is 8.42 Å². The summed E-state index contributed by atoms with van der Waals surface area (Å²) in [5, 5.41) is 6.44. The van der Waals surface area contributed by atoms with Crippen molar-refractivity contribution in [1.82, 2.24) is 15.5 Å². The molecule has 0 bridgehead atoms. The zero-order valence-corrected chi connectivity index (χ0v) is 16.4. The Kier molecular flexibility index (Phi) is 5.93. The van der Waals surface area contributed by atoms with Gasteiger partial charge in [-0.2, -0.15) is 4.98 Å². The first-order valence-corrected chi connectivity index (χ1v) is 10.4. The Balaban J connectivity index is 1.56. The van der Waals surface area contributed by atoms with Crippen molar-refractivity contribution in [2.45, 2.75) is 37.6 Å². The van der Waals surface area contributed by atoms with Gasteiger partial charge in [0.05, 0.1) is 16.9 Å². The fourth-order valence-corrected chi connectivity index (χ4v) is 3.84. The molecule has 8 nitrogen and oxygen atoms in total. The standard InChI is InChI=1S/C19H21N3O5S/c1-13-5-7-16(8-6-13)28(24,25)11-9-17-21-19(27-22-17)18(23)20-14(2)12-15-4-3-10-26-15/h3-8,10,14H,9,11-12H2,1-2H3,(H,20,23)/t14-/m0/s1. The van der Waals surface area contributed by atoms with Gasteiger partial charge in [-0.3, -0.25) is 4.79 Å². The van der Waals surface area contributed by atoms with E-state index in [1.165, 1.54) is 0 Å². The molecule has 0 spiro atoms. The van der Waals surface area contributed by atoms with E-state index in [1.54, 1.807) is 36.6 Å². The Morgan fingerprint density at radius 3 is 2.64 bits per heavy atom. The van der Waals surface area contributed by atoms with E-state index >= 15 is 0 Å². The molecule has 3 rings (SSSR count). The average molecular weight is 403 g/mol. The number of hydrogen-bond acceptors (Lipinski definition) is 7. The molecule has 0 fully saturated rings. The summed E-state index contributed by atoms with van der Waals surface area (Å²) < 4.78 is 35.0. The highest BCUT2D eigenvalue weighted by atomic mass is 32.2. The van der Waals surface area contributed by atoms with Crippen LogP contribution in [0.4, 0.5) is 0 Å². The number of carbonyl (C=O) groups is 1. The summed E-state index contributed by atoms with van der Waals surface area (Å²) in [6.07, 6.45) is 2.14. The van der Waals surface area contributed by atoms with Crippen molar-refractivity contribution >= 4 is 15.7 Å². The minimum atomic E-state index is -3.47. The van der Waals surface area contributed by atoms with Crippen LogP contribution >= 0.6 is 0 Å². The predicted molar refractivity (Wildman–Crippen MR) is 101 cm³/mol. The van der Waals surface area contributed by atoms with Gasteiger partial charge in [0.1, 0.15) is 5.76 Å². The summed E-state index contributed by atoms with van der Waals surface area (Å²) in [4.78, 5) is 16.4. The largest absolute Gasteiger partial charge is 0.469 e. The fourth-order valence-electron chi connectivity index (χ4n) is 2.60. The number of hydrogen-bond donors (Lipinski definition) is 1. The molecule has 1 aromatic carbocycles. The first-order chi connectivity index (χ1) is 13.3. The van der Waals surface area contributed by atoms with Crippen LogP contribution in [0.5, 0.6) is 0 Å². The van der Waals surface area contributed by atoms with Crippen molar-refractivity contribution in [2.75, 3.05) is 5.75 Å². The number of nitrogens with one attached hydrogen (secondary N) is 1. The molecular weight excluding hydrogens is 382 g/mol. The number of sulfone groups is 1. The summed E-state index contributed by atoms with van der Waals surface area (Å²) in [6, 6.07) is 10.0. The number of furan rings is 1. The van der Waals surface area contributed by atoms with E-state index in [9.17, 15) is 13.2 Å². The highest BCUT2D eigenvalue weighted by molar-refractivity contribution is 7.91. The average Bonchev–Trinajstić information content (AvgIpc) is 3.32. The fraction of sp³-hybridized carbons (Fsp3) is 0.316. The molecule has 0 saturated heterocycles. The molecule has 0 unspecified atom stereocenters. The molecule has 9 heteroatoms. The zero-order chi connectivity index (χ0) is 20.1. The van der Waals surface area contributed by atoms with Crippen LogP contribution in [0.1, 0.15) is 34.8 Å². The van der Waals surface area contributed by atoms with Gasteiger partial charge in [0.15, 0.2) is 15.7 Å². The van der Waals surface area contributed by atoms with Gasteiger partial charge in [0.2, 0.25) is 0 Å². The van der Waals surface area contributed by atoms with Crippen molar-refractivity contribution in [3.63, 3.8) is 0 Å². The van der Waals surface area contributed by atoms with Gasteiger partial charge in [0, 0.05) is 18.9 Å². The maximum Gasteiger partial charge on any atom is 0.315 e. The number of amides is 1. The third kappa shape index (κ3) is 5.07. The van der Waals surface area contributed by atoms with Crippen LogP contribution in [0.15, 0.2) is 56.5 Å². The van der Waals surface area contributed by atoms with Crippen LogP contribution in [0.3, 0.4) is 0 Å². The summed E-state index contributed by atoms with van der Waals surface area (Å²) >= 11 is 0. The van der Waals surface area contributed by atoms with Gasteiger partial charge in [-0.15, -0.1) is 0 Å². The Hall–Kier alpha value is -2.94. The summed E-state index contributed by atoms with van der Waals surface area (Å²) in [6.45, 7) is 3.71. The van der Waals surface area contributed by atoms with E-state index in [4.69, 9.17) is 8.94 Å². The van der Waals surface area contributed by atoms with E-state index in [0.29, 0.717) is 6.42 Å². The number of aromatic nitrogens is 2. The number of benzene rings is 1. The topological polar surface area (TPSA) is 115 Å². The number of rotatable bonds is 8. The normalized spacial score (nSPS) is 12.6. The molecule has 148 valence electrons. The van der Waals surface area contributed by atoms with Crippen molar-refractivity contribution < 1.29 is 22.2 Å². The molecule has 1 amide bonds. The highest BCUT2D eigenvalue weighted by Gasteiger charge is 2.20. The van der Waals surface area contributed by atoms with E-state index < -0.39 is 15.7 Å². The number of aryl methyl sites for hydroxylation is 2. The monoisotopic (exact) mass is 403 g/mol. The lowest BCUT2D eigenvalue weighted by Crippen LogP contribution is -2.34. The van der Waals surface area contributed by atoms with Crippen molar-refractivity contribution in [1.29, 1.82) is 0 Å². The minimum absolute atomic E-state index is 0.0505. The van der Waals surface area contributed by atoms with E-state index in [0.717, 1.165) is 11.3 Å². The quantitative estimate of drug-likeness (QED) is 0.614. The van der Waals surface area contributed by atoms with Crippen LogP contribution in [-0.4, -0.2) is 36.3 Å². The van der Waals surface area contributed by atoms with E-state index in [1.807, 2.05) is 19.9 Å². The second-order valence-electron chi connectivity index (χ2n) is 6.56. The zero-order valence-electron chi connectivity index (χ0n) is 15.6. The van der Waals surface area contributed by atoms with Crippen molar-refractivity contribution in [3.05, 3.63) is 65.7 Å². The van der Waals surface area contributed by atoms with Crippen molar-refractivity contribution in [2.24, 2.45) is 0 Å². The smallest absolute Gasteiger partial charge is 0.315 e. The van der Waals surface area contributed by atoms with E-state index in [2.05, 4.69) is 15.5 Å². The lowest BCUT2D eigenvalue weighted by molar-refractivity contribution is 0.0895. The molecular formula is C19H21N3O5S. The molecule has 0 aliphatic rings. The highest BCUT2D eigenvalue weighted by Crippen LogP contribution is 2.13.